The number of anilines is 3. The van der Waals surface area contributed by atoms with Crippen molar-refractivity contribution in [3.8, 4) is 5.75 Å². The van der Waals surface area contributed by atoms with Gasteiger partial charge in [0.15, 0.2) is 0 Å². The number of halogens is 1. The Hall–Kier alpha value is -2.58. The predicted molar refractivity (Wildman–Crippen MR) is 111 cm³/mol. The summed E-state index contributed by atoms with van der Waals surface area (Å²) in [5.74, 6) is 0.810. The Kier molecular flexibility index (Phi) is 5.47. The summed E-state index contributed by atoms with van der Waals surface area (Å²) in [7, 11) is 0. The zero-order chi connectivity index (χ0) is 20.5. The highest BCUT2D eigenvalue weighted by Crippen LogP contribution is 2.39. The molecule has 4 rings (SSSR count). The molecule has 0 radical (unpaired) electrons. The number of benzene rings is 1. The molecule has 1 aromatic carbocycles. The van der Waals surface area contributed by atoms with E-state index >= 15 is 0 Å². The number of hydrogen-bond acceptors (Lipinski definition) is 7. The maximum absolute atomic E-state index is 12.1. The third-order valence-corrected chi connectivity index (χ3v) is 5.50. The first-order valence-corrected chi connectivity index (χ1v) is 10.1. The van der Waals surface area contributed by atoms with Gasteiger partial charge in [-0.3, -0.25) is 4.79 Å². The van der Waals surface area contributed by atoms with E-state index in [4.69, 9.17) is 22.1 Å². The number of carbonyl (C=O) groups is 1. The van der Waals surface area contributed by atoms with Crippen LogP contribution in [0.1, 0.15) is 36.6 Å². The molecule has 8 nitrogen and oxygen atoms in total. The van der Waals surface area contributed by atoms with Crippen molar-refractivity contribution >= 4 is 35.0 Å². The van der Waals surface area contributed by atoms with E-state index in [1.54, 1.807) is 12.1 Å². The largest absolute Gasteiger partial charge is 0.506 e. The number of amides is 1. The van der Waals surface area contributed by atoms with Crippen LogP contribution in [0.4, 0.5) is 17.5 Å². The fraction of sp³-hybridized carbons (Fsp3) is 0.450. The number of aryl methyl sites for hydroxylation is 1. The minimum absolute atomic E-state index is 0.0269. The summed E-state index contributed by atoms with van der Waals surface area (Å²) in [5.41, 5.74) is 7.64. The lowest BCUT2D eigenvalue weighted by molar-refractivity contribution is -0.117. The van der Waals surface area contributed by atoms with Crippen molar-refractivity contribution < 1.29 is 14.6 Å². The Bertz CT molecular complexity index is 914. The molecule has 1 atom stereocenters. The number of rotatable bonds is 4. The first-order chi connectivity index (χ1) is 13.9. The van der Waals surface area contributed by atoms with Crippen LogP contribution in [0.5, 0.6) is 5.75 Å². The molecule has 2 aliphatic rings. The maximum atomic E-state index is 12.1. The smallest absolute Gasteiger partial charge is 0.227 e. The number of hydrogen-bond donors (Lipinski definition) is 3. The number of ether oxygens (including phenoxy) is 1. The van der Waals surface area contributed by atoms with Gasteiger partial charge in [-0.1, -0.05) is 11.6 Å². The van der Waals surface area contributed by atoms with E-state index in [0.717, 1.165) is 25.0 Å². The topological polar surface area (TPSA) is 114 Å². The van der Waals surface area contributed by atoms with Gasteiger partial charge in [-0.05, 0) is 43.9 Å². The molecule has 4 N–H and O–H groups in total. The highest BCUT2D eigenvalue weighted by atomic mass is 35.5. The van der Waals surface area contributed by atoms with Gasteiger partial charge in [0.25, 0.3) is 0 Å². The van der Waals surface area contributed by atoms with E-state index in [1.807, 2.05) is 13.0 Å². The number of carbonyl (C=O) groups excluding carboxylic acids is 1. The van der Waals surface area contributed by atoms with Crippen LogP contribution in [0.15, 0.2) is 18.2 Å². The van der Waals surface area contributed by atoms with Crippen LogP contribution in [0.25, 0.3) is 0 Å². The van der Waals surface area contributed by atoms with Crippen molar-refractivity contribution in [1.29, 1.82) is 0 Å². The van der Waals surface area contributed by atoms with Crippen LogP contribution in [0.3, 0.4) is 0 Å². The minimum atomic E-state index is -0.266. The van der Waals surface area contributed by atoms with Crippen molar-refractivity contribution in [2.45, 2.75) is 32.2 Å². The number of phenolic OH excluding ortho intramolecular Hbond substituents is 1. The zero-order valence-electron chi connectivity index (χ0n) is 16.2. The molecule has 1 amide bonds. The molecule has 1 unspecified atom stereocenters. The molecule has 0 bridgehead atoms. The quantitative estimate of drug-likeness (QED) is 0.655. The maximum Gasteiger partial charge on any atom is 0.227 e. The Morgan fingerprint density at radius 3 is 2.86 bits per heavy atom. The Balaban J connectivity index is 1.67. The van der Waals surface area contributed by atoms with Crippen molar-refractivity contribution in [1.82, 2.24) is 9.97 Å². The molecule has 2 heterocycles. The van der Waals surface area contributed by atoms with E-state index in [-0.39, 0.29) is 29.6 Å². The van der Waals surface area contributed by atoms with E-state index in [1.165, 1.54) is 0 Å². The third kappa shape index (κ3) is 4.38. The zero-order valence-corrected chi connectivity index (χ0v) is 16.9. The first kappa shape index (κ1) is 19.7. The number of nitrogen functional groups attached to an aromatic ring is 1. The SMILES string of the molecule is Cc1cc(N2CCCOCC2c2cc(O)c(NC(=O)C3CC3)cc2Cl)nc(N)n1. The molecular formula is C20H24ClN5O3. The lowest BCUT2D eigenvalue weighted by Gasteiger charge is -2.31. The summed E-state index contributed by atoms with van der Waals surface area (Å²) in [6.07, 6.45) is 2.58. The Morgan fingerprint density at radius 1 is 1.34 bits per heavy atom. The van der Waals surface area contributed by atoms with Gasteiger partial charge in [0, 0.05) is 35.9 Å². The van der Waals surface area contributed by atoms with Gasteiger partial charge in [-0.25, -0.2) is 4.98 Å². The van der Waals surface area contributed by atoms with Gasteiger partial charge in [0.2, 0.25) is 11.9 Å². The second-order valence-electron chi connectivity index (χ2n) is 7.52. The van der Waals surface area contributed by atoms with Gasteiger partial charge in [0.1, 0.15) is 11.6 Å². The number of nitrogens with two attached hydrogens (primary N) is 1. The molecule has 1 saturated heterocycles. The number of phenols is 1. The van der Waals surface area contributed by atoms with E-state index in [2.05, 4.69) is 20.2 Å². The minimum Gasteiger partial charge on any atom is -0.506 e. The molecule has 1 aliphatic heterocycles. The summed E-state index contributed by atoms with van der Waals surface area (Å²) < 4.78 is 5.78. The normalized spacial score (nSPS) is 19.7. The number of aromatic nitrogens is 2. The molecule has 2 aromatic rings. The summed E-state index contributed by atoms with van der Waals surface area (Å²) in [5, 5.41) is 13.7. The number of nitrogens with one attached hydrogen (secondary N) is 1. The summed E-state index contributed by atoms with van der Waals surface area (Å²) in [4.78, 5) is 22.7. The average molecular weight is 418 g/mol. The van der Waals surface area contributed by atoms with Crippen LogP contribution in [-0.2, 0) is 9.53 Å². The Labute approximate surface area is 174 Å². The van der Waals surface area contributed by atoms with Gasteiger partial charge < -0.3 is 25.8 Å². The fourth-order valence-corrected chi connectivity index (χ4v) is 3.83. The number of aromatic hydroxyl groups is 1. The monoisotopic (exact) mass is 417 g/mol. The van der Waals surface area contributed by atoms with Crippen molar-refractivity contribution in [3.05, 3.63) is 34.5 Å². The lowest BCUT2D eigenvalue weighted by atomic mass is 10.0. The second-order valence-corrected chi connectivity index (χ2v) is 7.92. The van der Waals surface area contributed by atoms with E-state index < -0.39 is 0 Å². The molecule has 2 fully saturated rings. The van der Waals surface area contributed by atoms with Gasteiger partial charge in [0.05, 0.1) is 18.3 Å². The average Bonchev–Trinajstić information content (AvgIpc) is 3.50. The molecule has 9 heteroatoms. The van der Waals surface area contributed by atoms with Gasteiger partial charge >= 0.3 is 0 Å². The van der Waals surface area contributed by atoms with Crippen LogP contribution >= 0.6 is 11.6 Å². The van der Waals surface area contributed by atoms with Gasteiger partial charge in [-0.15, -0.1) is 0 Å². The van der Waals surface area contributed by atoms with Crippen LogP contribution < -0.4 is 16.0 Å². The van der Waals surface area contributed by atoms with E-state index in [9.17, 15) is 9.90 Å². The Morgan fingerprint density at radius 2 is 2.14 bits per heavy atom. The number of nitrogens with zero attached hydrogens (tertiary/aromatic N) is 3. The molecule has 1 saturated carbocycles. The summed E-state index contributed by atoms with van der Waals surface area (Å²) in [6.45, 7) is 3.56. The first-order valence-electron chi connectivity index (χ1n) is 9.71. The van der Waals surface area contributed by atoms with Crippen LogP contribution in [0.2, 0.25) is 5.02 Å². The highest BCUT2D eigenvalue weighted by molar-refractivity contribution is 6.32. The van der Waals surface area contributed by atoms with Crippen molar-refractivity contribution in [2.24, 2.45) is 5.92 Å². The van der Waals surface area contributed by atoms with Gasteiger partial charge in [-0.2, -0.15) is 4.98 Å². The molecular weight excluding hydrogens is 394 g/mol. The summed E-state index contributed by atoms with van der Waals surface area (Å²) >= 11 is 6.58. The van der Waals surface area contributed by atoms with Crippen molar-refractivity contribution in [3.63, 3.8) is 0 Å². The summed E-state index contributed by atoms with van der Waals surface area (Å²) in [6, 6.07) is 4.79. The lowest BCUT2D eigenvalue weighted by Crippen LogP contribution is -2.32. The van der Waals surface area contributed by atoms with E-state index in [0.29, 0.717) is 41.8 Å². The third-order valence-electron chi connectivity index (χ3n) is 5.17. The highest BCUT2D eigenvalue weighted by Gasteiger charge is 2.31. The van der Waals surface area contributed by atoms with Crippen LogP contribution in [0, 0.1) is 12.8 Å². The predicted octanol–water partition coefficient (Wildman–Crippen LogP) is 3.04. The molecule has 29 heavy (non-hydrogen) atoms. The van der Waals surface area contributed by atoms with Crippen molar-refractivity contribution in [2.75, 3.05) is 35.7 Å². The molecule has 1 aromatic heterocycles. The van der Waals surface area contributed by atoms with Crippen LogP contribution in [-0.4, -0.2) is 40.7 Å². The second kappa shape index (κ2) is 8.04. The standard InChI is InChI=1S/C20H24ClN5O3/c1-11-7-18(25-20(22)23-11)26-5-2-6-29-10-16(26)13-8-17(27)15(9-14(13)21)24-19(28)12-3-4-12/h7-9,12,16,27H,2-6,10H2,1H3,(H,24,28)(H2,22,23,25). The molecule has 154 valence electrons. The fourth-order valence-electron chi connectivity index (χ4n) is 3.54. The molecule has 0 spiro atoms. The molecule has 1 aliphatic carbocycles.